The number of amides is 1. The van der Waals surface area contributed by atoms with Crippen molar-refractivity contribution in [2.75, 3.05) is 5.32 Å². The molecule has 20 heavy (non-hydrogen) atoms. The van der Waals surface area contributed by atoms with Crippen molar-refractivity contribution in [2.24, 2.45) is 11.1 Å². The van der Waals surface area contributed by atoms with Crippen LogP contribution in [0.2, 0.25) is 0 Å². The summed E-state index contributed by atoms with van der Waals surface area (Å²) in [6.07, 6.45) is 0.631. The van der Waals surface area contributed by atoms with Gasteiger partial charge in [0.05, 0.1) is 16.1 Å². The number of halogens is 3. The summed E-state index contributed by atoms with van der Waals surface area (Å²) < 4.78 is 39.4. The van der Waals surface area contributed by atoms with Crippen molar-refractivity contribution in [2.45, 2.75) is 26.7 Å². The number of nitrogens with one attached hydrogen (secondary N) is 1. The quantitative estimate of drug-likeness (QED) is 0.649. The highest BCUT2D eigenvalue weighted by molar-refractivity contribution is 7.80. The number of anilines is 1. The van der Waals surface area contributed by atoms with E-state index >= 15 is 0 Å². The standard InChI is InChI=1S/C13H15F3N2OS/c1-3-13(4-2,11(17)20)12(19)18-10-6-8(15)7(14)5-9(10)16/h5-6H,3-4H2,1-2H3,(H2,17,20)(H,18,19). The average molecular weight is 304 g/mol. The molecular formula is C13H15F3N2OS. The normalized spacial score (nSPS) is 11.2. The van der Waals surface area contributed by atoms with Crippen LogP contribution in [0.5, 0.6) is 0 Å². The monoisotopic (exact) mass is 304 g/mol. The van der Waals surface area contributed by atoms with Crippen LogP contribution in [0.15, 0.2) is 12.1 Å². The third-order valence-electron chi connectivity index (χ3n) is 3.37. The van der Waals surface area contributed by atoms with Crippen LogP contribution < -0.4 is 11.1 Å². The first kappa shape index (κ1) is 16.4. The molecule has 0 aliphatic heterocycles. The van der Waals surface area contributed by atoms with Crippen LogP contribution in [0.3, 0.4) is 0 Å². The Morgan fingerprint density at radius 1 is 1.20 bits per heavy atom. The summed E-state index contributed by atoms with van der Waals surface area (Å²) >= 11 is 4.89. The van der Waals surface area contributed by atoms with Gasteiger partial charge in [0.15, 0.2) is 11.6 Å². The first-order chi connectivity index (χ1) is 9.28. The van der Waals surface area contributed by atoms with Gasteiger partial charge in [-0.2, -0.15) is 0 Å². The van der Waals surface area contributed by atoms with E-state index in [1.54, 1.807) is 13.8 Å². The van der Waals surface area contributed by atoms with E-state index in [0.717, 1.165) is 0 Å². The lowest BCUT2D eigenvalue weighted by Gasteiger charge is -2.29. The van der Waals surface area contributed by atoms with Crippen LogP contribution in [0, 0.1) is 22.9 Å². The van der Waals surface area contributed by atoms with Crippen LogP contribution in [-0.2, 0) is 4.79 Å². The Labute approximate surface area is 120 Å². The van der Waals surface area contributed by atoms with Gasteiger partial charge in [-0.1, -0.05) is 26.1 Å². The van der Waals surface area contributed by atoms with Gasteiger partial charge in [0.1, 0.15) is 5.82 Å². The molecule has 0 unspecified atom stereocenters. The molecule has 0 aliphatic rings. The molecule has 0 atom stereocenters. The molecule has 0 aliphatic carbocycles. The second-order valence-electron chi connectivity index (χ2n) is 4.35. The molecule has 0 aromatic heterocycles. The van der Waals surface area contributed by atoms with Crippen LogP contribution in [0.4, 0.5) is 18.9 Å². The number of carbonyl (C=O) groups is 1. The van der Waals surface area contributed by atoms with Gasteiger partial charge in [0.2, 0.25) is 5.91 Å². The summed E-state index contributed by atoms with van der Waals surface area (Å²) in [5.41, 5.74) is 3.99. The molecule has 7 heteroatoms. The molecule has 1 aromatic carbocycles. The summed E-state index contributed by atoms with van der Waals surface area (Å²) in [6.45, 7) is 3.42. The van der Waals surface area contributed by atoms with E-state index in [1.807, 2.05) is 0 Å². The van der Waals surface area contributed by atoms with E-state index in [2.05, 4.69) is 5.32 Å². The highest BCUT2D eigenvalue weighted by Gasteiger charge is 2.38. The predicted molar refractivity (Wildman–Crippen MR) is 74.7 cm³/mol. The molecule has 0 saturated heterocycles. The lowest BCUT2D eigenvalue weighted by molar-refractivity contribution is -0.122. The van der Waals surface area contributed by atoms with Gasteiger partial charge < -0.3 is 11.1 Å². The van der Waals surface area contributed by atoms with Gasteiger partial charge in [-0.25, -0.2) is 13.2 Å². The molecule has 1 rings (SSSR count). The Morgan fingerprint density at radius 3 is 2.15 bits per heavy atom. The minimum absolute atomic E-state index is 0.0250. The van der Waals surface area contributed by atoms with E-state index in [-0.39, 0.29) is 4.99 Å². The maximum atomic E-state index is 13.5. The van der Waals surface area contributed by atoms with Crippen LogP contribution >= 0.6 is 12.2 Å². The topological polar surface area (TPSA) is 55.1 Å². The van der Waals surface area contributed by atoms with E-state index < -0.39 is 34.5 Å². The van der Waals surface area contributed by atoms with Crippen LogP contribution in [-0.4, -0.2) is 10.9 Å². The van der Waals surface area contributed by atoms with Gasteiger partial charge in [-0.15, -0.1) is 0 Å². The van der Waals surface area contributed by atoms with Gasteiger partial charge in [-0.05, 0) is 12.8 Å². The molecule has 0 spiro atoms. The van der Waals surface area contributed by atoms with Crippen molar-refractivity contribution in [1.29, 1.82) is 0 Å². The number of thiocarbonyl (C=S) groups is 1. The minimum atomic E-state index is -1.33. The van der Waals surface area contributed by atoms with E-state index in [1.165, 1.54) is 0 Å². The zero-order valence-corrected chi connectivity index (χ0v) is 11.9. The number of hydrogen-bond acceptors (Lipinski definition) is 2. The SMILES string of the molecule is CCC(CC)(C(=O)Nc1cc(F)c(F)cc1F)C(N)=S. The van der Waals surface area contributed by atoms with Gasteiger partial charge >= 0.3 is 0 Å². The molecule has 110 valence electrons. The highest BCUT2D eigenvalue weighted by Crippen LogP contribution is 2.29. The Balaban J connectivity index is 3.12. The fraction of sp³-hybridized carbons (Fsp3) is 0.385. The molecule has 0 heterocycles. The smallest absolute Gasteiger partial charge is 0.237 e. The molecule has 1 aromatic rings. The minimum Gasteiger partial charge on any atom is -0.392 e. The highest BCUT2D eigenvalue weighted by atomic mass is 32.1. The molecule has 3 N–H and O–H groups in total. The van der Waals surface area contributed by atoms with E-state index in [4.69, 9.17) is 18.0 Å². The first-order valence-corrected chi connectivity index (χ1v) is 6.45. The van der Waals surface area contributed by atoms with Crippen LogP contribution in [0.25, 0.3) is 0 Å². The Bertz CT molecular complexity index is 545. The second-order valence-corrected chi connectivity index (χ2v) is 4.79. The Hall–Kier alpha value is -1.63. The van der Waals surface area contributed by atoms with Gasteiger partial charge in [0.25, 0.3) is 0 Å². The summed E-state index contributed by atoms with van der Waals surface area (Å²) in [6, 6.07) is 0.948. The van der Waals surface area contributed by atoms with Crippen molar-refractivity contribution in [3.8, 4) is 0 Å². The summed E-state index contributed by atoms with van der Waals surface area (Å²) in [5, 5.41) is 2.21. The van der Waals surface area contributed by atoms with E-state index in [0.29, 0.717) is 25.0 Å². The largest absolute Gasteiger partial charge is 0.392 e. The first-order valence-electron chi connectivity index (χ1n) is 6.04. The maximum Gasteiger partial charge on any atom is 0.237 e. The lowest BCUT2D eigenvalue weighted by atomic mass is 9.81. The predicted octanol–water partition coefficient (Wildman–Crippen LogP) is 3.13. The van der Waals surface area contributed by atoms with E-state index in [9.17, 15) is 18.0 Å². The Morgan fingerprint density at radius 2 is 1.70 bits per heavy atom. The number of carbonyl (C=O) groups excluding carboxylic acids is 1. The molecule has 1 amide bonds. The van der Waals surface area contributed by atoms with Crippen LogP contribution in [0.1, 0.15) is 26.7 Å². The number of rotatable bonds is 5. The van der Waals surface area contributed by atoms with Crippen molar-refractivity contribution in [1.82, 2.24) is 0 Å². The van der Waals surface area contributed by atoms with Crippen molar-refractivity contribution in [3.05, 3.63) is 29.6 Å². The second kappa shape index (κ2) is 6.21. The van der Waals surface area contributed by atoms with Crippen molar-refractivity contribution in [3.63, 3.8) is 0 Å². The molecule has 0 fully saturated rings. The maximum absolute atomic E-state index is 13.5. The number of benzene rings is 1. The average Bonchev–Trinajstić information content (AvgIpc) is 2.37. The van der Waals surface area contributed by atoms with Gasteiger partial charge in [0, 0.05) is 12.1 Å². The zero-order valence-electron chi connectivity index (χ0n) is 11.1. The zero-order chi connectivity index (χ0) is 15.5. The number of hydrogen-bond donors (Lipinski definition) is 2. The molecule has 0 bridgehead atoms. The summed E-state index contributed by atoms with van der Waals surface area (Å²) in [5.74, 6) is -4.29. The summed E-state index contributed by atoms with van der Waals surface area (Å²) in [4.78, 5) is 12.2. The third kappa shape index (κ3) is 2.92. The lowest BCUT2D eigenvalue weighted by Crippen LogP contribution is -2.45. The molecular weight excluding hydrogens is 289 g/mol. The Kier molecular flexibility index (Phi) is 5.10. The molecule has 0 saturated carbocycles. The molecule has 3 nitrogen and oxygen atoms in total. The van der Waals surface area contributed by atoms with Crippen molar-refractivity contribution < 1.29 is 18.0 Å². The fourth-order valence-electron chi connectivity index (χ4n) is 1.89. The number of nitrogens with two attached hydrogens (primary N) is 1. The third-order valence-corrected chi connectivity index (χ3v) is 3.76. The van der Waals surface area contributed by atoms with Gasteiger partial charge in [-0.3, -0.25) is 4.79 Å². The van der Waals surface area contributed by atoms with Crippen molar-refractivity contribution >= 4 is 28.8 Å². The fourth-order valence-corrected chi connectivity index (χ4v) is 2.27. The molecule has 0 radical (unpaired) electrons. The summed E-state index contributed by atoms with van der Waals surface area (Å²) in [7, 11) is 0.